The molecule has 1 aliphatic heterocycles. The molecule has 1 heterocycles. The number of halogens is 2. The van der Waals surface area contributed by atoms with Crippen LogP contribution in [0.15, 0.2) is 53.5 Å². The summed E-state index contributed by atoms with van der Waals surface area (Å²) in [5, 5.41) is 0. The number of rotatable bonds is 2. The van der Waals surface area contributed by atoms with Crippen LogP contribution in [0.1, 0.15) is 12.5 Å². The zero-order valence-corrected chi connectivity index (χ0v) is 11.6. The lowest BCUT2D eigenvalue weighted by Gasteiger charge is -2.36. The highest BCUT2D eigenvalue weighted by atomic mass is 19.2. The monoisotopic (exact) mass is 287 g/mol. The van der Waals surface area contributed by atoms with Gasteiger partial charge in [0.1, 0.15) is 0 Å². The number of para-hydroxylation sites is 1. The highest BCUT2D eigenvalue weighted by Crippen LogP contribution is 2.37. The van der Waals surface area contributed by atoms with Gasteiger partial charge in [0.2, 0.25) is 0 Å². The molecule has 108 valence electrons. The smallest absolute Gasteiger partial charge is 0.196 e. The van der Waals surface area contributed by atoms with Gasteiger partial charge < -0.3 is 10.6 Å². The van der Waals surface area contributed by atoms with E-state index in [2.05, 4.69) is 4.99 Å². The molecule has 0 amide bonds. The molecule has 5 heteroatoms. The fraction of sp³-hybridized carbons (Fsp3) is 0.188. The first-order valence-electron chi connectivity index (χ1n) is 6.63. The van der Waals surface area contributed by atoms with E-state index in [0.29, 0.717) is 18.1 Å². The van der Waals surface area contributed by atoms with Crippen LogP contribution in [0.2, 0.25) is 0 Å². The van der Waals surface area contributed by atoms with Crippen molar-refractivity contribution in [3.63, 3.8) is 0 Å². The second-order valence-electron chi connectivity index (χ2n) is 5.25. The summed E-state index contributed by atoms with van der Waals surface area (Å²) in [6.07, 6.45) is 0. The van der Waals surface area contributed by atoms with Crippen molar-refractivity contribution >= 4 is 11.6 Å². The van der Waals surface area contributed by atoms with Crippen molar-refractivity contribution in [1.29, 1.82) is 0 Å². The van der Waals surface area contributed by atoms with E-state index in [-0.39, 0.29) is 0 Å². The van der Waals surface area contributed by atoms with Gasteiger partial charge in [0.25, 0.3) is 0 Å². The second kappa shape index (κ2) is 4.84. The van der Waals surface area contributed by atoms with Gasteiger partial charge in [0.05, 0.1) is 12.1 Å². The molecule has 2 aromatic carbocycles. The Morgan fingerprint density at radius 2 is 1.81 bits per heavy atom. The van der Waals surface area contributed by atoms with Crippen molar-refractivity contribution in [3.8, 4) is 0 Å². The molecule has 2 N–H and O–H groups in total. The van der Waals surface area contributed by atoms with E-state index in [4.69, 9.17) is 5.73 Å². The molecule has 0 fully saturated rings. The molecule has 0 spiro atoms. The van der Waals surface area contributed by atoms with Crippen LogP contribution in [0, 0.1) is 11.6 Å². The minimum Gasteiger partial charge on any atom is -0.369 e. The molecule has 1 unspecified atom stereocenters. The van der Waals surface area contributed by atoms with Crippen LogP contribution in [-0.2, 0) is 5.54 Å². The third kappa shape index (κ3) is 2.14. The Morgan fingerprint density at radius 3 is 2.48 bits per heavy atom. The van der Waals surface area contributed by atoms with Crippen LogP contribution in [0.4, 0.5) is 14.5 Å². The fourth-order valence-electron chi connectivity index (χ4n) is 2.67. The van der Waals surface area contributed by atoms with Gasteiger partial charge in [0.15, 0.2) is 17.6 Å². The van der Waals surface area contributed by atoms with Gasteiger partial charge in [-0.05, 0) is 36.8 Å². The van der Waals surface area contributed by atoms with Gasteiger partial charge in [-0.3, -0.25) is 4.99 Å². The van der Waals surface area contributed by atoms with Crippen LogP contribution >= 0.6 is 0 Å². The molecule has 1 atom stereocenters. The topological polar surface area (TPSA) is 41.6 Å². The Kier molecular flexibility index (Phi) is 3.12. The predicted molar refractivity (Wildman–Crippen MR) is 79.1 cm³/mol. The first kappa shape index (κ1) is 13.5. The Morgan fingerprint density at radius 1 is 1.10 bits per heavy atom. The summed E-state index contributed by atoms with van der Waals surface area (Å²) in [5.41, 5.74) is 6.86. The van der Waals surface area contributed by atoms with E-state index < -0.39 is 17.2 Å². The van der Waals surface area contributed by atoms with Gasteiger partial charge in [-0.1, -0.05) is 24.3 Å². The van der Waals surface area contributed by atoms with Crippen molar-refractivity contribution in [1.82, 2.24) is 0 Å². The van der Waals surface area contributed by atoms with Crippen LogP contribution in [-0.4, -0.2) is 12.5 Å². The van der Waals surface area contributed by atoms with Gasteiger partial charge in [-0.15, -0.1) is 0 Å². The van der Waals surface area contributed by atoms with Gasteiger partial charge >= 0.3 is 0 Å². The zero-order chi connectivity index (χ0) is 15.0. The molecular formula is C16H15F2N3. The van der Waals surface area contributed by atoms with Gasteiger partial charge in [-0.25, -0.2) is 8.78 Å². The number of aliphatic imine (C=N–C) groups is 1. The Labute approximate surface area is 121 Å². The van der Waals surface area contributed by atoms with Crippen molar-refractivity contribution < 1.29 is 8.78 Å². The van der Waals surface area contributed by atoms with Crippen LogP contribution in [0.25, 0.3) is 0 Å². The first-order chi connectivity index (χ1) is 10.0. The standard InChI is InChI=1S/C16H15F2N3/c1-16(11-7-8-13(17)14(18)9-11)10-20-15(19)21(16)12-5-3-2-4-6-12/h2-9H,10H2,1H3,(H2,19,20). The van der Waals surface area contributed by atoms with Crippen molar-refractivity contribution in [2.24, 2.45) is 10.7 Å². The normalized spacial score (nSPS) is 21.5. The lowest BCUT2D eigenvalue weighted by Crippen LogP contribution is -2.47. The average molecular weight is 287 g/mol. The van der Waals surface area contributed by atoms with E-state index in [1.807, 2.05) is 42.2 Å². The number of guanidine groups is 1. The van der Waals surface area contributed by atoms with E-state index in [1.165, 1.54) is 6.07 Å². The third-order valence-electron chi connectivity index (χ3n) is 3.83. The van der Waals surface area contributed by atoms with Crippen molar-refractivity contribution in [2.45, 2.75) is 12.5 Å². The molecule has 2 aromatic rings. The summed E-state index contributed by atoms with van der Waals surface area (Å²) < 4.78 is 26.7. The maximum Gasteiger partial charge on any atom is 0.196 e. The largest absolute Gasteiger partial charge is 0.369 e. The van der Waals surface area contributed by atoms with E-state index >= 15 is 0 Å². The minimum atomic E-state index is -0.868. The maximum absolute atomic E-state index is 13.6. The molecule has 0 bridgehead atoms. The number of nitrogens with zero attached hydrogens (tertiary/aromatic N) is 2. The van der Waals surface area contributed by atoms with Crippen LogP contribution in [0.5, 0.6) is 0 Å². The lowest BCUT2D eigenvalue weighted by atomic mass is 9.90. The first-order valence-corrected chi connectivity index (χ1v) is 6.63. The summed E-state index contributed by atoms with van der Waals surface area (Å²) in [5.74, 6) is -1.36. The Balaban J connectivity index is 2.09. The van der Waals surface area contributed by atoms with E-state index in [1.54, 1.807) is 6.07 Å². The summed E-state index contributed by atoms with van der Waals surface area (Å²) in [6.45, 7) is 2.30. The number of nitrogens with two attached hydrogens (primary N) is 1. The number of benzene rings is 2. The molecule has 0 aliphatic carbocycles. The molecule has 0 saturated carbocycles. The lowest BCUT2D eigenvalue weighted by molar-refractivity contribution is 0.489. The number of hydrogen-bond donors (Lipinski definition) is 1. The molecule has 0 radical (unpaired) electrons. The molecule has 3 nitrogen and oxygen atoms in total. The molecule has 0 aromatic heterocycles. The molecule has 0 saturated heterocycles. The number of anilines is 1. The van der Waals surface area contributed by atoms with Gasteiger partial charge in [-0.2, -0.15) is 0 Å². The Bertz CT molecular complexity index is 700. The van der Waals surface area contributed by atoms with E-state index in [9.17, 15) is 8.78 Å². The Hall–Kier alpha value is -2.43. The zero-order valence-electron chi connectivity index (χ0n) is 11.6. The highest BCUT2D eigenvalue weighted by molar-refractivity contribution is 5.98. The third-order valence-corrected chi connectivity index (χ3v) is 3.83. The number of hydrogen-bond acceptors (Lipinski definition) is 3. The van der Waals surface area contributed by atoms with Crippen molar-refractivity contribution in [2.75, 3.05) is 11.4 Å². The minimum absolute atomic E-state index is 0.369. The quantitative estimate of drug-likeness (QED) is 0.922. The predicted octanol–water partition coefficient (Wildman–Crippen LogP) is 3.01. The van der Waals surface area contributed by atoms with Gasteiger partial charge in [0, 0.05) is 5.69 Å². The second-order valence-corrected chi connectivity index (χ2v) is 5.25. The molecular weight excluding hydrogens is 272 g/mol. The highest BCUT2D eigenvalue weighted by Gasteiger charge is 2.40. The summed E-state index contributed by atoms with van der Waals surface area (Å²) in [7, 11) is 0. The molecule has 3 rings (SSSR count). The average Bonchev–Trinajstić information content (AvgIpc) is 2.79. The van der Waals surface area contributed by atoms with Crippen LogP contribution < -0.4 is 10.6 Å². The van der Waals surface area contributed by atoms with Crippen LogP contribution in [0.3, 0.4) is 0 Å². The summed E-state index contributed by atoms with van der Waals surface area (Å²) in [4.78, 5) is 6.13. The maximum atomic E-state index is 13.6. The summed E-state index contributed by atoms with van der Waals surface area (Å²) >= 11 is 0. The molecule has 1 aliphatic rings. The SMILES string of the molecule is CC1(c2ccc(F)c(F)c2)CN=C(N)N1c1ccccc1. The fourth-order valence-corrected chi connectivity index (χ4v) is 2.67. The van der Waals surface area contributed by atoms with E-state index in [0.717, 1.165) is 11.8 Å². The summed E-state index contributed by atoms with van der Waals surface area (Å²) in [6, 6.07) is 13.4. The molecule has 21 heavy (non-hydrogen) atoms. The van der Waals surface area contributed by atoms with Crippen molar-refractivity contribution in [3.05, 3.63) is 65.7 Å².